The Morgan fingerprint density at radius 2 is 1.87 bits per heavy atom. The molecule has 0 bridgehead atoms. The number of hydrogen-bond acceptors (Lipinski definition) is 6. The summed E-state index contributed by atoms with van der Waals surface area (Å²) in [6, 6.07) is 16.1. The molecule has 7 heteroatoms. The maximum absolute atomic E-state index is 5.61. The molecule has 0 spiro atoms. The first-order chi connectivity index (χ1) is 14.7. The summed E-state index contributed by atoms with van der Waals surface area (Å²) in [6.45, 7) is 3.25. The van der Waals surface area contributed by atoms with E-state index in [1.165, 1.54) is 16.9 Å². The summed E-state index contributed by atoms with van der Waals surface area (Å²) in [5.41, 5.74) is 3.04. The zero-order chi connectivity index (χ0) is 21.3. The predicted molar refractivity (Wildman–Crippen MR) is 122 cm³/mol. The molecule has 0 amide bonds. The van der Waals surface area contributed by atoms with Crippen molar-refractivity contribution in [2.45, 2.75) is 12.8 Å². The molecule has 3 aromatic rings. The van der Waals surface area contributed by atoms with Crippen LogP contribution in [0, 0.1) is 0 Å². The fourth-order valence-electron chi connectivity index (χ4n) is 2.96. The number of rotatable bonds is 9. The third kappa shape index (κ3) is 5.17. The van der Waals surface area contributed by atoms with Crippen molar-refractivity contribution in [2.24, 2.45) is 10.1 Å². The van der Waals surface area contributed by atoms with Gasteiger partial charge in [-0.2, -0.15) is 5.10 Å². The first kappa shape index (κ1) is 21.8. The molecule has 1 atom stereocenters. The quantitative estimate of drug-likeness (QED) is 0.377. The summed E-state index contributed by atoms with van der Waals surface area (Å²) >= 11 is 1.54. The maximum atomic E-state index is 5.61. The molecule has 0 saturated heterocycles. The van der Waals surface area contributed by atoms with Crippen LogP contribution in [0.1, 0.15) is 18.4 Å². The minimum atomic E-state index is 0.163. The molecule has 158 valence electrons. The van der Waals surface area contributed by atoms with Crippen molar-refractivity contribution in [1.29, 1.82) is 0 Å². The van der Waals surface area contributed by atoms with Gasteiger partial charge in [0.05, 0.1) is 33.1 Å². The standard InChI is InChI=1S/C23H27N3O3S/c1-17(18-8-6-5-7-9-18)15-25-26-21(16-30-23(26)24-12-13-27-2)20-11-10-19(28-3)14-22(20)29-4/h5-11,14-17H,12-13H2,1-4H3/b24-23?,25-15-/t17-/m0/s1. The number of benzene rings is 2. The van der Waals surface area contributed by atoms with E-state index in [2.05, 4.69) is 24.0 Å². The Labute approximate surface area is 181 Å². The molecule has 0 aliphatic carbocycles. The summed E-state index contributed by atoms with van der Waals surface area (Å²) in [6.07, 6.45) is 1.94. The zero-order valence-electron chi connectivity index (χ0n) is 17.7. The van der Waals surface area contributed by atoms with Crippen LogP contribution >= 0.6 is 11.3 Å². The molecule has 0 unspecified atom stereocenters. The number of hydrogen-bond donors (Lipinski definition) is 0. The molecule has 3 rings (SSSR count). The third-order valence-electron chi connectivity index (χ3n) is 4.64. The lowest BCUT2D eigenvalue weighted by molar-refractivity contribution is 0.207. The minimum absolute atomic E-state index is 0.163. The fraction of sp³-hybridized carbons (Fsp3) is 0.304. The second-order valence-corrected chi connectivity index (χ2v) is 7.46. The number of ether oxygens (including phenoxy) is 3. The van der Waals surface area contributed by atoms with Crippen LogP contribution < -0.4 is 14.3 Å². The summed E-state index contributed by atoms with van der Waals surface area (Å²) < 4.78 is 17.9. The average Bonchev–Trinajstić information content (AvgIpc) is 3.20. The smallest absolute Gasteiger partial charge is 0.206 e. The molecular formula is C23H27N3O3S. The van der Waals surface area contributed by atoms with Crippen LogP contribution in [0.4, 0.5) is 0 Å². The number of nitrogens with zero attached hydrogens (tertiary/aromatic N) is 3. The SMILES string of the molecule is COCCN=c1scc(-c2ccc(OC)cc2OC)n1/N=C\[C@H](C)c1ccccc1. The normalized spacial score (nSPS) is 13.0. The highest BCUT2D eigenvalue weighted by atomic mass is 32.1. The lowest BCUT2D eigenvalue weighted by Gasteiger charge is -2.11. The van der Waals surface area contributed by atoms with E-state index in [0.29, 0.717) is 13.2 Å². The topological polar surface area (TPSA) is 57.3 Å². The Balaban J connectivity index is 2.04. The van der Waals surface area contributed by atoms with E-state index in [0.717, 1.165) is 27.6 Å². The van der Waals surface area contributed by atoms with Gasteiger partial charge in [-0.1, -0.05) is 37.3 Å². The van der Waals surface area contributed by atoms with Crippen molar-refractivity contribution >= 4 is 17.6 Å². The summed E-state index contributed by atoms with van der Waals surface area (Å²) in [4.78, 5) is 5.46. The van der Waals surface area contributed by atoms with Crippen LogP contribution in [0.15, 0.2) is 64.0 Å². The summed E-state index contributed by atoms with van der Waals surface area (Å²) in [5.74, 6) is 1.62. The molecule has 0 N–H and O–H groups in total. The highest BCUT2D eigenvalue weighted by Gasteiger charge is 2.14. The van der Waals surface area contributed by atoms with Crippen LogP contribution in [0.3, 0.4) is 0 Å². The minimum Gasteiger partial charge on any atom is -0.497 e. The van der Waals surface area contributed by atoms with E-state index in [1.807, 2.05) is 52.7 Å². The van der Waals surface area contributed by atoms with Gasteiger partial charge in [-0.25, -0.2) is 4.68 Å². The highest BCUT2D eigenvalue weighted by molar-refractivity contribution is 7.07. The van der Waals surface area contributed by atoms with E-state index in [4.69, 9.17) is 19.3 Å². The van der Waals surface area contributed by atoms with Gasteiger partial charge in [-0.05, 0) is 17.7 Å². The molecule has 2 aromatic carbocycles. The summed E-state index contributed by atoms with van der Waals surface area (Å²) in [7, 11) is 4.96. The Kier molecular flexibility index (Phi) is 7.82. The van der Waals surface area contributed by atoms with Crippen molar-refractivity contribution < 1.29 is 14.2 Å². The van der Waals surface area contributed by atoms with Gasteiger partial charge in [0.25, 0.3) is 0 Å². The van der Waals surface area contributed by atoms with Gasteiger partial charge >= 0.3 is 0 Å². The molecule has 0 fully saturated rings. The van der Waals surface area contributed by atoms with Gasteiger partial charge in [0.2, 0.25) is 4.80 Å². The van der Waals surface area contributed by atoms with Crippen molar-refractivity contribution in [3.8, 4) is 22.8 Å². The molecule has 0 aliphatic heterocycles. The van der Waals surface area contributed by atoms with Crippen molar-refractivity contribution in [3.05, 3.63) is 64.3 Å². The maximum Gasteiger partial charge on any atom is 0.206 e. The highest BCUT2D eigenvalue weighted by Crippen LogP contribution is 2.33. The van der Waals surface area contributed by atoms with Crippen molar-refractivity contribution in [2.75, 3.05) is 34.5 Å². The van der Waals surface area contributed by atoms with E-state index in [9.17, 15) is 0 Å². The number of methoxy groups -OCH3 is 3. The molecule has 1 heterocycles. The second-order valence-electron chi connectivity index (χ2n) is 6.62. The van der Waals surface area contributed by atoms with Gasteiger partial charge in [-0.15, -0.1) is 11.3 Å². The predicted octanol–water partition coefficient (Wildman–Crippen LogP) is 4.42. The van der Waals surface area contributed by atoms with Crippen LogP contribution in [-0.2, 0) is 4.74 Å². The Morgan fingerprint density at radius 3 is 2.57 bits per heavy atom. The first-order valence-corrected chi connectivity index (χ1v) is 10.6. The van der Waals surface area contributed by atoms with E-state index in [1.54, 1.807) is 21.3 Å². The van der Waals surface area contributed by atoms with E-state index >= 15 is 0 Å². The van der Waals surface area contributed by atoms with Gasteiger partial charge in [0.1, 0.15) is 11.5 Å². The Bertz CT molecular complexity index is 1040. The molecule has 1 aromatic heterocycles. The molecule has 0 saturated carbocycles. The van der Waals surface area contributed by atoms with Gasteiger partial charge < -0.3 is 14.2 Å². The van der Waals surface area contributed by atoms with Crippen LogP contribution in [-0.4, -0.2) is 45.4 Å². The van der Waals surface area contributed by atoms with Crippen LogP contribution in [0.2, 0.25) is 0 Å². The molecule has 30 heavy (non-hydrogen) atoms. The second kappa shape index (κ2) is 10.8. The molecule has 6 nitrogen and oxygen atoms in total. The number of aromatic nitrogens is 1. The van der Waals surface area contributed by atoms with Gasteiger partial charge in [-0.3, -0.25) is 4.99 Å². The average molecular weight is 426 g/mol. The summed E-state index contributed by atoms with van der Waals surface area (Å²) in [5, 5.41) is 6.84. The van der Waals surface area contributed by atoms with E-state index < -0.39 is 0 Å². The zero-order valence-corrected chi connectivity index (χ0v) is 18.6. The molecule has 0 aliphatic rings. The Morgan fingerprint density at radius 1 is 1.07 bits per heavy atom. The van der Waals surface area contributed by atoms with Crippen LogP contribution in [0.5, 0.6) is 11.5 Å². The lowest BCUT2D eigenvalue weighted by Crippen LogP contribution is -2.14. The van der Waals surface area contributed by atoms with Crippen LogP contribution in [0.25, 0.3) is 11.3 Å². The molecule has 0 radical (unpaired) electrons. The third-order valence-corrected chi connectivity index (χ3v) is 5.50. The largest absolute Gasteiger partial charge is 0.497 e. The van der Waals surface area contributed by atoms with Crippen molar-refractivity contribution in [1.82, 2.24) is 4.68 Å². The van der Waals surface area contributed by atoms with Crippen molar-refractivity contribution in [3.63, 3.8) is 0 Å². The monoisotopic (exact) mass is 425 g/mol. The molecular weight excluding hydrogens is 398 g/mol. The lowest BCUT2D eigenvalue weighted by atomic mass is 10.0. The number of thiazole rings is 1. The first-order valence-electron chi connectivity index (χ1n) is 9.69. The van der Waals surface area contributed by atoms with E-state index in [-0.39, 0.29) is 5.92 Å². The fourth-order valence-corrected chi connectivity index (χ4v) is 3.81. The van der Waals surface area contributed by atoms with Gasteiger partial charge in [0.15, 0.2) is 0 Å². The van der Waals surface area contributed by atoms with Gasteiger partial charge in [0, 0.05) is 36.3 Å². The Hall–Kier alpha value is -2.90.